The number of unbranched alkanes of at least 4 members (excludes halogenated alkanes) is 32. The maximum absolute atomic E-state index is 13.0. The summed E-state index contributed by atoms with van der Waals surface area (Å²) in [5, 5.41) is 14.0. The van der Waals surface area contributed by atoms with Crippen molar-refractivity contribution in [3.05, 3.63) is 72.9 Å². The van der Waals surface area contributed by atoms with E-state index in [9.17, 15) is 19.4 Å². The van der Waals surface area contributed by atoms with E-state index in [2.05, 4.69) is 86.0 Å². The van der Waals surface area contributed by atoms with Crippen molar-refractivity contribution in [3.63, 3.8) is 0 Å². The lowest BCUT2D eigenvalue weighted by atomic mass is 10.0. The summed E-state index contributed by atoms with van der Waals surface area (Å²) in [7, 11) is 1.57. The summed E-state index contributed by atoms with van der Waals surface area (Å²) in [5.41, 5.74) is 0. The smallest absolute Gasteiger partial charge is 0.391 e. The lowest BCUT2D eigenvalue weighted by Gasteiger charge is -2.26. The number of amides is 1. The highest BCUT2D eigenvalue weighted by Crippen LogP contribution is 2.43. The number of rotatable bonds is 57. The second kappa shape index (κ2) is 55.7. The predicted octanol–water partition coefficient (Wildman–Crippen LogP) is 19.4. The molecule has 0 aromatic rings. The van der Waals surface area contributed by atoms with Crippen LogP contribution >= 0.6 is 7.82 Å². The van der Waals surface area contributed by atoms with Gasteiger partial charge in [0.25, 0.3) is 0 Å². The Bertz CT molecular complexity index is 1430. The minimum Gasteiger partial charge on any atom is -0.391 e. The van der Waals surface area contributed by atoms with Crippen molar-refractivity contribution in [2.24, 2.45) is 0 Å². The van der Waals surface area contributed by atoms with E-state index < -0.39 is 20.0 Å². The fraction of sp³-hybridized carbons (Fsp3) is 0.800. The Balaban J connectivity index is 4.10. The van der Waals surface area contributed by atoms with Gasteiger partial charge in [-0.25, -0.2) is 4.57 Å². The van der Waals surface area contributed by atoms with Gasteiger partial charge in [-0.2, -0.15) is 0 Å². The number of aliphatic hydroxyl groups is 1. The first-order valence-electron chi connectivity index (χ1n) is 31.3. The Kier molecular flexibility index (Phi) is 54.1. The van der Waals surface area contributed by atoms with Crippen LogP contribution in [0.5, 0.6) is 0 Å². The molecule has 0 aliphatic carbocycles. The summed E-state index contributed by atoms with van der Waals surface area (Å²) in [5.74, 6) is -0.225. The minimum absolute atomic E-state index is 0.0581. The zero-order valence-electron chi connectivity index (χ0n) is 49.3. The molecule has 0 rings (SSSR count). The van der Waals surface area contributed by atoms with E-state index in [1.165, 1.54) is 193 Å². The molecular formula is C65H122N2O6P+. The number of phosphoric ester groups is 1. The molecule has 0 aliphatic rings. The second-order valence-electron chi connectivity index (χ2n) is 22.4. The number of aliphatic hydroxyl groups excluding tert-OH is 1. The zero-order valence-corrected chi connectivity index (χ0v) is 50.2. The Morgan fingerprint density at radius 3 is 1.11 bits per heavy atom. The molecule has 74 heavy (non-hydrogen) atoms. The topological polar surface area (TPSA) is 105 Å². The van der Waals surface area contributed by atoms with Gasteiger partial charge < -0.3 is 19.8 Å². The van der Waals surface area contributed by atoms with E-state index in [0.717, 1.165) is 57.8 Å². The molecule has 0 aromatic carbocycles. The van der Waals surface area contributed by atoms with E-state index in [-0.39, 0.29) is 25.5 Å². The highest BCUT2D eigenvalue weighted by molar-refractivity contribution is 7.47. The number of likely N-dealkylation sites (N-methyl/N-ethyl adjacent to an activating group) is 1. The van der Waals surface area contributed by atoms with E-state index in [0.29, 0.717) is 23.9 Å². The maximum atomic E-state index is 13.0. The number of nitrogens with one attached hydrogen (secondary N) is 1. The highest BCUT2D eigenvalue weighted by Gasteiger charge is 2.28. The zero-order chi connectivity index (χ0) is 54.2. The largest absolute Gasteiger partial charge is 0.472 e. The molecule has 3 unspecified atom stereocenters. The summed E-state index contributed by atoms with van der Waals surface area (Å²) in [6.07, 6.45) is 77.3. The van der Waals surface area contributed by atoms with Gasteiger partial charge in [0.2, 0.25) is 5.91 Å². The van der Waals surface area contributed by atoms with Crippen molar-refractivity contribution in [1.29, 1.82) is 0 Å². The molecule has 0 radical (unpaired) electrons. The van der Waals surface area contributed by atoms with Gasteiger partial charge in [-0.3, -0.25) is 13.8 Å². The van der Waals surface area contributed by atoms with E-state index in [1.54, 1.807) is 0 Å². The summed E-state index contributed by atoms with van der Waals surface area (Å²) in [6, 6.07) is -0.807. The van der Waals surface area contributed by atoms with Crippen LogP contribution in [0.3, 0.4) is 0 Å². The van der Waals surface area contributed by atoms with Crippen molar-refractivity contribution < 1.29 is 32.9 Å². The van der Waals surface area contributed by atoms with E-state index in [1.807, 2.05) is 27.2 Å². The molecule has 1 amide bonds. The third kappa shape index (κ3) is 57.6. The average Bonchev–Trinajstić information content (AvgIpc) is 3.36. The lowest BCUT2D eigenvalue weighted by Crippen LogP contribution is -2.46. The van der Waals surface area contributed by atoms with E-state index in [4.69, 9.17) is 9.05 Å². The van der Waals surface area contributed by atoms with Crippen LogP contribution in [-0.2, 0) is 18.4 Å². The van der Waals surface area contributed by atoms with Gasteiger partial charge in [0, 0.05) is 6.42 Å². The molecule has 0 spiro atoms. The highest BCUT2D eigenvalue weighted by atomic mass is 31.2. The molecule has 0 heterocycles. The number of allylic oxidation sites excluding steroid dienone is 12. The summed E-state index contributed by atoms with van der Waals surface area (Å²) >= 11 is 0. The number of nitrogens with zero attached hydrogens (tertiary/aromatic N) is 1. The van der Waals surface area contributed by atoms with Gasteiger partial charge in [0.05, 0.1) is 39.9 Å². The number of phosphoric acid groups is 1. The van der Waals surface area contributed by atoms with E-state index >= 15 is 0 Å². The first-order valence-corrected chi connectivity index (χ1v) is 32.8. The molecule has 0 aromatic heterocycles. The molecule has 0 saturated carbocycles. The maximum Gasteiger partial charge on any atom is 0.472 e. The van der Waals surface area contributed by atoms with Gasteiger partial charge >= 0.3 is 7.82 Å². The number of carbonyl (C=O) groups is 1. The Hall–Kier alpha value is -2.06. The molecule has 3 N–H and O–H groups in total. The van der Waals surface area contributed by atoms with Gasteiger partial charge in [0.15, 0.2) is 0 Å². The number of carbonyl (C=O) groups excluding carboxylic acids is 1. The fourth-order valence-corrected chi connectivity index (χ4v) is 9.87. The minimum atomic E-state index is -4.35. The molecule has 0 bridgehead atoms. The lowest BCUT2D eigenvalue weighted by molar-refractivity contribution is -0.870. The Morgan fingerprint density at radius 1 is 0.473 bits per heavy atom. The van der Waals surface area contributed by atoms with Crippen LogP contribution in [0.2, 0.25) is 0 Å². The van der Waals surface area contributed by atoms with Crippen LogP contribution in [0, 0.1) is 0 Å². The third-order valence-electron chi connectivity index (χ3n) is 14.0. The molecular weight excluding hydrogens is 936 g/mol. The molecule has 9 heteroatoms. The van der Waals surface area contributed by atoms with Crippen molar-refractivity contribution in [2.75, 3.05) is 40.9 Å². The second-order valence-corrected chi connectivity index (χ2v) is 23.9. The average molecular weight is 1060 g/mol. The van der Waals surface area contributed by atoms with Crippen molar-refractivity contribution in [3.8, 4) is 0 Å². The molecule has 0 saturated heterocycles. The fourth-order valence-electron chi connectivity index (χ4n) is 9.13. The van der Waals surface area contributed by atoms with Gasteiger partial charge in [0.1, 0.15) is 13.2 Å². The molecule has 0 aliphatic heterocycles. The summed E-state index contributed by atoms with van der Waals surface area (Å²) in [6.45, 7) is 4.74. The van der Waals surface area contributed by atoms with Gasteiger partial charge in [-0.15, -0.1) is 0 Å². The van der Waals surface area contributed by atoms with Crippen LogP contribution in [0.25, 0.3) is 0 Å². The molecule has 3 atom stereocenters. The van der Waals surface area contributed by atoms with Gasteiger partial charge in [-0.05, 0) is 51.4 Å². The van der Waals surface area contributed by atoms with Crippen molar-refractivity contribution in [1.82, 2.24) is 5.32 Å². The first-order chi connectivity index (χ1) is 36.0. The molecule has 0 fully saturated rings. The Labute approximate surface area is 459 Å². The SMILES string of the molecule is CC/C=C\C/C=C\C/C=C\C/C=C\C/C=C\C/C=C\CCC(=O)NC(COP(=O)(O)OCC[N+](C)(C)C)C(O)CCCCCCCCCCCCCCCCCCCCCCCCCCCCCCCCCCC. The monoisotopic (exact) mass is 1060 g/mol. The van der Waals surface area contributed by atoms with Crippen LogP contribution in [0.4, 0.5) is 0 Å². The number of quaternary nitrogens is 1. The molecule has 8 nitrogen and oxygen atoms in total. The van der Waals surface area contributed by atoms with Crippen molar-refractivity contribution >= 4 is 13.7 Å². The normalized spacial score (nSPS) is 14.3. The van der Waals surface area contributed by atoms with Crippen LogP contribution in [-0.4, -0.2) is 73.4 Å². The van der Waals surface area contributed by atoms with Crippen LogP contribution in [0.15, 0.2) is 72.9 Å². The van der Waals surface area contributed by atoms with Gasteiger partial charge in [-0.1, -0.05) is 299 Å². The summed E-state index contributed by atoms with van der Waals surface area (Å²) < 4.78 is 23.8. The van der Waals surface area contributed by atoms with Crippen LogP contribution < -0.4 is 5.32 Å². The van der Waals surface area contributed by atoms with Crippen LogP contribution in [0.1, 0.15) is 284 Å². The predicted molar refractivity (Wildman–Crippen MR) is 323 cm³/mol. The first kappa shape index (κ1) is 71.9. The Morgan fingerprint density at radius 2 is 0.784 bits per heavy atom. The number of hydrogen-bond donors (Lipinski definition) is 3. The van der Waals surface area contributed by atoms with Crippen molar-refractivity contribution in [2.45, 2.75) is 296 Å². The molecule has 432 valence electrons. The quantitative estimate of drug-likeness (QED) is 0.0243. The third-order valence-corrected chi connectivity index (χ3v) is 15.0. The summed E-state index contributed by atoms with van der Waals surface area (Å²) in [4.78, 5) is 23.3. The number of hydrogen-bond acceptors (Lipinski definition) is 5. The standard InChI is InChI=1S/C65H121N2O6P/c1-6-8-10-12-14-16-18-20-22-24-26-27-28-29-30-31-32-33-34-35-36-37-38-39-41-42-44-46-48-50-52-54-56-58-64(68)63(62-73-74(70,71)72-61-60-67(3,4)5)66-65(69)59-57-55-53-51-49-47-45-43-40-25-23-21-19-17-15-13-11-9-7-2/h9,11,15,17,21,23,40,43,47,49,53,55,63-64,68H,6-8,10,12-14,16,18-20,22,24-39,41-42,44-46,48,50-52,54,56-62H2,1-5H3,(H-,66,69,70,71)/p+1/b11-9-,17-15-,23-21-,43-40-,49-47-,55-53-.